The van der Waals surface area contributed by atoms with Crippen LogP contribution in [0.25, 0.3) is 5.57 Å². The summed E-state index contributed by atoms with van der Waals surface area (Å²) in [5.74, 6) is -1.08. The Balaban J connectivity index is 1.89. The molecule has 0 spiro atoms. The van der Waals surface area contributed by atoms with Crippen LogP contribution in [0.1, 0.15) is 24.0 Å². The normalized spacial score (nSPS) is 21.4. The molecule has 2 aliphatic heterocycles. The third-order valence-electron chi connectivity index (χ3n) is 5.26. The van der Waals surface area contributed by atoms with Gasteiger partial charge in [0.25, 0.3) is 11.6 Å². The number of benzene rings is 2. The van der Waals surface area contributed by atoms with E-state index in [1.54, 1.807) is 35.2 Å². The van der Waals surface area contributed by atoms with Gasteiger partial charge in [-0.15, -0.1) is 0 Å². The van der Waals surface area contributed by atoms with E-state index in [4.69, 9.17) is 10.5 Å². The van der Waals surface area contributed by atoms with Crippen molar-refractivity contribution in [2.24, 2.45) is 5.73 Å². The van der Waals surface area contributed by atoms with E-state index < -0.39 is 16.6 Å². The van der Waals surface area contributed by atoms with Crippen molar-refractivity contribution in [1.82, 2.24) is 4.90 Å². The lowest BCUT2D eigenvalue weighted by atomic mass is 9.89. The number of nitrogens with two attached hydrogens (primary N) is 1. The number of hydrogen-bond acceptors (Lipinski definition) is 6. The molecule has 0 saturated carbocycles. The topological polar surface area (TPSA) is 116 Å². The molecule has 0 radical (unpaired) electrons. The van der Waals surface area contributed by atoms with E-state index in [1.165, 1.54) is 24.3 Å². The van der Waals surface area contributed by atoms with Crippen LogP contribution in [0.15, 0.2) is 60.2 Å². The van der Waals surface area contributed by atoms with Crippen LogP contribution in [0.2, 0.25) is 0 Å². The molecule has 0 aromatic heterocycles. The number of rotatable bonds is 4. The lowest BCUT2D eigenvalue weighted by Gasteiger charge is -2.28. The van der Waals surface area contributed by atoms with Crippen LogP contribution < -0.4 is 5.73 Å². The average Bonchev–Trinajstić information content (AvgIpc) is 3.35. The van der Waals surface area contributed by atoms with Gasteiger partial charge >= 0.3 is 5.97 Å². The maximum absolute atomic E-state index is 13.4. The molecule has 4 rings (SSSR count). The van der Waals surface area contributed by atoms with E-state index >= 15 is 0 Å². The van der Waals surface area contributed by atoms with Gasteiger partial charge in [-0.2, -0.15) is 0 Å². The van der Waals surface area contributed by atoms with E-state index in [9.17, 15) is 19.7 Å². The molecule has 1 unspecified atom stereocenters. The van der Waals surface area contributed by atoms with E-state index in [1.807, 2.05) is 0 Å². The number of esters is 1. The fourth-order valence-electron chi connectivity index (χ4n) is 3.78. The van der Waals surface area contributed by atoms with Gasteiger partial charge in [0, 0.05) is 30.8 Å². The predicted molar refractivity (Wildman–Crippen MR) is 104 cm³/mol. The molecule has 2 N–H and O–H groups in total. The molecular weight excluding hydrogens is 374 g/mol. The summed E-state index contributed by atoms with van der Waals surface area (Å²) in [5.41, 5.74) is 5.63. The highest BCUT2D eigenvalue weighted by molar-refractivity contribution is 6.27. The number of nitro groups is 1. The van der Waals surface area contributed by atoms with Crippen LogP contribution in [-0.2, 0) is 20.1 Å². The van der Waals surface area contributed by atoms with Crippen LogP contribution in [0, 0.1) is 10.1 Å². The Morgan fingerprint density at radius 1 is 1.07 bits per heavy atom. The van der Waals surface area contributed by atoms with Crippen LogP contribution >= 0.6 is 0 Å². The summed E-state index contributed by atoms with van der Waals surface area (Å²) < 4.78 is 5.56. The molecule has 2 heterocycles. The molecule has 1 amide bonds. The SMILES string of the molecule is NC1(c2ccccc2)OC(=O)C(c2ccc([N+](=O)[O-])cc2)=C1C(=O)N1CCCC1. The Labute approximate surface area is 166 Å². The molecule has 2 aromatic rings. The van der Waals surface area contributed by atoms with Crippen LogP contribution in [0.4, 0.5) is 5.69 Å². The monoisotopic (exact) mass is 393 g/mol. The van der Waals surface area contributed by atoms with Crippen LogP contribution in [0.5, 0.6) is 0 Å². The van der Waals surface area contributed by atoms with Gasteiger partial charge in [-0.3, -0.25) is 20.6 Å². The predicted octanol–water partition coefficient (Wildman–Crippen LogP) is 2.34. The Bertz CT molecular complexity index is 1010. The minimum atomic E-state index is -1.73. The zero-order valence-electron chi connectivity index (χ0n) is 15.5. The smallest absolute Gasteiger partial charge is 0.341 e. The quantitative estimate of drug-likeness (QED) is 0.484. The fraction of sp³-hybridized carbons (Fsp3) is 0.238. The molecule has 8 nitrogen and oxygen atoms in total. The maximum Gasteiger partial charge on any atom is 0.341 e. The van der Waals surface area contributed by atoms with E-state index in [-0.39, 0.29) is 22.7 Å². The number of ether oxygens (including phenoxy) is 1. The van der Waals surface area contributed by atoms with Crippen molar-refractivity contribution in [2.45, 2.75) is 18.6 Å². The molecule has 2 aromatic carbocycles. The molecule has 8 heteroatoms. The number of carbonyl (C=O) groups excluding carboxylic acids is 2. The number of cyclic esters (lactones) is 1. The first-order valence-electron chi connectivity index (χ1n) is 9.28. The van der Waals surface area contributed by atoms with Gasteiger partial charge in [0.15, 0.2) is 0 Å². The Morgan fingerprint density at radius 2 is 1.69 bits per heavy atom. The number of likely N-dealkylation sites (tertiary alicyclic amines) is 1. The first kappa shape index (κ1) is 18.8. The second-order valence-electron chi connectivity index (χ2n) is 7.04. The second kappa shape index (κ2) is 7.14. The summed E-state index contributed by atoms with van der Waals surface area (Å²) >= 11 is 0. The van der Waals surface area contributed by atoms with E-state index in [0.717, 1.165) is 12.8 Å². The molecule has 148 valence electrons. The zero-order chi connectivity index (χ0) is 20.6. The van der Waals surface area contributed by atoms with Crippen molar-refractivity contribution in [3.8, 4) is 0 Å². The summed E-state index contributed by atoms with van der Waals surface area (Å²) in [6, 6.07) is 14.1. The standard InChI is InChI=1S/C21H19N3O5/c22-21(15-6-2-1-3-7-15)18(19(25)23-12-4-5-13-23)17(20(26)29-21)14-8-10-16(11-9-14)24(27)28/h1-3,6-11H,4-5,12-13,22H2. The Hall–Kier alpha value is -3.52. The Kier molecular flexibility index (Phi) is 4.63. The third kappa shape index (κ3) is 3.17. The Morgan fingerprint density at radius 3 is 2.28 bits per heavy atom. The molecule has 1 fully saturated rings. The van der Waals surface area contributed by atoms with Gasteiger partial charge < -0.3 is 9.64 Å². The van der Waals surface area contributed by atoms with E-state index in [0.29, 0.717) is 24.2 Å². The highest BCUT2D eigenvalue weighted by Crippen LogP contribution is 2.42. The molecule has 2 aliphatic rings. The highest BCUT2D eigenvalue weighted by Gasteiger charge is 2.51. The first-order valence-corrected chi connectivity index (χ1v) is 9.28. The van der Waals surface area contributed by atoms with Crippen molar-refractivity contribution in [3.63, 3.8) is 0 Å². The van der Waals surface area contributed by atoms with Gasteiger partial charge in [-0.1, -0.05) is 30.3 Å². The summed E-state index contributed by atoms with van der Waals surface area (Å²) in [6.45, 7) is 1.16. The average molecular weight is 393 g/mol. The summed E-state index contributed by atoms with van der Waals surface area (Å²) in [6.07, 6.45) is 1.76. The summed E-state index contributed by atoms with van der Waals surface area (Å²) in [7, 11) is 0. The second-order valence-corrected chi connectivity index (χ2v) is 7.04. The number of amides is 1. The summed E-state index contributed by atoms with van der Waals surface area (Å²) in [4.78, 5) is 38.3. The summed E-state index contributed by atoms with van der Waals surface area (Å²) in [5, 5.41) is 11.0. The first-order chi connectivity index (χ1) is 13.9. The third-order valence-corrected chi connectivity index (χ3v) is 5.26. The largest absolute Gasteiger partial charge is 0.431 e. The number of nitro benzene ring substituents is 1. The molecule has 0 bridgehead atoms. The highest BCUT2D eigenvalue weighted by atomic mass is 16.6. The van der Waals surface area contributed by atoms with Crippen molar-refractivity contribution in [1.29, 1.82) is 0 Å². The zero-order valence-corrected chi connectivity index (χ0v) is 15.5. The van der Waals surface area contributed by atoms with Gasteiger partial charge in [0.2, 0.25) is 5.72 Å². The van der Waals surface area contributed by atoms with Gasteiger partial charge in [0.05, 0.1) is 16.1 Å². The molecular formula is C21H19N3O5. The fourth-order valence-corrected chi connectivity index (χ4v) is 3.78. The van der Waals surface area contributed by atoms with Crippen LogP contribution in [0.3, 0.4) is 0 Å². The van der Waals surface area contributed by atoms with Crippen LogP contribution in [-0.4, -0.2) is 34.8 Å². The van der Waals surface area contributed by atoms with E-state index in [2.05, 4.69) is 0 Å². The number of non-ortho nitro benzene ring substituents is 1. The van der Waals surface area contributed by atoms with Crippen molar-refractivity contribution >= 4 is 23.1 Å². The molecule has 1 saturated heterocycles. The minimum Gasteiger partial charge on any atom is -0.431 e. The molecule has 0 aliphatic carbocycles. The van der Waals surface area contributed by atoms with Gasteiger partial charge in [0.1, 0.15) is 0 Å². The minimum absolute atomic E-state index is 0.0446. The molecule has 29 heavy (non-hydrogen) atoms. The molecule has 1 atom stereocenters. The number of hydrogen-bond donors (Lipinski definition) is 1. The van der Waals surface area contributed by atoms with Crippen molar-refractivity contribution in [2.75, 3.05) is 13.1 Å². The maximum atomic E-state index is 13.4. The number of nitrogens with zero attached hydrogens (tertiary/aromatic N) is 2. The van der Waals surface area contributed by atoms with Gasteiger partial charge in [-0.25, -0.2) is 4.79 Å². The van der Waals surface area contributed by atoms with Crippen molar-refractivity contribution < 1.29 is 19.2 Å². The lowest BCUT2D eigenvalue weighted by molar-refractivity contribution is -0.384. The lowest BCUT2D eigenvalue weighted by Crippen LogP contribution is -2.45. The van der Waals surface area contributed by atoms with Crippen molar-refractivity contribution in [3.05, 3.63) is 81.4 Å². The van der Waals surface area contributed by atoms with Gasteiger partial charge in [-0.05, 0) is 30.5 Å². The number of carbonyl (C=O) groups is 2.